The molecule has 19 heavy (non-hydrogen) atoms. The van der Waals surface area contributed by atoms with E-state index in [0.29, 0.717) is 32.2 Å². The lowest BCUT2D eigenvalue weighted by Gasteiger charge is -2.31. The fourth-order valence-corrected chi connectivity index (χ4v) is 2.79. The lowest BCUT2D eigenvalue weighted by molar-refractivity contribution is -0.135. The number of carbonyl (C=O) groups is 1. The summed E-state index contributed by atoms with van der Waals surface area (Å²) in [7, 11) is 0. The van der Waals surface area contributed by atoms with Crippen LogP contribution in [0.15, 0.2) is 0 Å². The third-order valence-electron chi connectivity index (χ3n) is 3.85. The van der Waals surface area contributed by atoms with Gasteiger partial charge in [0.05, 0.1) is 13.0 Å². The molecule has 0 unspecified atom stereocenters. The summed E-state index contributed by atoms with van der Waals surface area (Å²) in [6.45, 7) is 4.65. The third-order valence-corrected chi connectivity index (χ3v) is 3.85. The fourth-order valence-electron chi connectivity index (χ4n) is 2.79. The molecule has 0 saturated heterocycles. The van der Waals surface area contributed by atoms with Gasteiger partial charge in [-0.3, -0.25) is 4.79 Å². The Morgan fingerprint density at radius 1 is 1.26 bits per heavy atom. The minimum Gasteiger partial charge on any atom is -0.381 e. The number of ether oxygens (including phenoxy) is 1. The van der Waals surface area contributed by atoms with Crippen molar-refractivity contribution < 1.29 is 9.53 Å². The molecule has 0 aromatic rings. The Hall–Kier alpha value is -0.610. The van der Waals surface area contributed by atoms with Crippen LogP contribution in [0.3, 0.4) is 0 Å². The first-order chi connectivity index (χ1) is 9.29. The lowest BCUT2D eigenvalue weighted by Crippen LogP contribution is -2.41. The smallest absolute Gasteiger partial charge is 0.225 e. The molecule has 0 heterocycles. The number of nitrogens with two attached hydrogens (primary N) is 1. The summed E-state index contributed by atoms with van der Waals surface area (Å²) in [5.41, 5.74) is 5.60. The Labute approximate surface area is 117 Å². The van der Waals surface area contributed by atoms with Gasteiger partial charge >= 0.3 is 0 Å². The van der Waals surface area contributed by atoms with Crippen molar-refractivity contribution in [2.24, 2.45) is 5.73 Å². The van der Waals surface area contributed by atoms with Crippen LogP contribution in [0.2, 0.25) is 0 Å². The molecule has 112 valence electrons. The molecule has 1 aliphatic carbocycles. The predicted octanol–water partition coefficient (Wildman–Crippen LogP) is 2.31. The molecular weight excluding hydrogens is 240 g/mol. The molecule has 0 aromatic heterocycles. The van der Waals surface area contributed by atoms with Crippen molar-refractivity contribution in [1.82, 2.24) is 4.90 Å². The van der Waals surface area contributed by atoms with Crippen LogP contribution in [0.1, 0.15) is 58.3 Å². The zero-order valence-corrected chi connectivity index (χ0v) is 12.4. The molecule has 1 saturated carbocycles. The first-order valence-corrected chi connectivity index (χ1v) is 7.86. The monoisotopic (exact) mass is 270 g/mol. The molecule has 0 radical (unpaired) electrons. The van der Waals surface area contributed by atoms with E-state index in [9.17, 15) is 4.79 Å². The van der Waals surface area contributed by atoms with E-state index in [0.717, 1.165) is 25.8 Å². The second-order valence-electron chi connectivity index (χ2n) is 5.32. The zero-order chi connectivity index (χ0) is 13.9. The molecule has 1 rings (SSSR count). The molecule has 4 nitrogen and oxygen atoms in total. The first-order valence-electron chi connectivity index (χ1n) is 7.86. The Bertz CT molecular complexity index is 238. The molecule has 0 atom stereocenters. The maximum absolute atomic E-state index is 12.3. The SMILES string of the molecule is CCOCCC(=O)N(CCCN)C1CCCCCC1. The number of nitrogens with zero attached hydrogens (tertiary/aromatic N) is 1. The summed E-state index contributed by atoms with van der Waals surface area (Å²) in [5, 5.41) is 0. The van der Waals surface area contributed by atoms with Crippen LogP contribution in [0, 0.1) is 0 Å². The Balaban J connectivity index is 2.50. The van der Waals surface area contributed by atoms with Crippen LogP contribution in [-0.2, 0) is 9.53 Å². The number of amides is 1. The van der Waals surface area contributed by atoms with Crippen LogP contribution in [0.5, 0.6) is 0 Å². The second-order valence-corrected chi connectivity index (χ2v) is 5.32. The second kappa shape index (κ2) is 10.2. The number of carbonyl (C=O) groups excluding carboxylic acids is 1. The predicted molar refractivity (Wildman–Crippen MR) is 78.0 cm³/mol. The Morgan fingerprint density at radius 2 is 1.95 bits per heavy atom. The molecule has 1 fully saturated rings. The van der Waals surface area contributed by atoms with E-state index in [1.54, 1.807) is 0 Å². The average molecular weight is 270 g/mol. The van der Waals surface area contributed by atoms with E-state index >= 15 is 0 Å². The molecule has 1 amide bonds. The van der Waals surface area contributed by atoms with Gasteiger partial charge in [0.1, 0.15) is 0 Å². The van der Waals surface area contributed by atoms with Crippen molar-refractivity contribution >= 4 is 5.91 Å². The third kappa shape index (κ3) is 6.39. The largest absolute Gasteiger partial charge is 0.381 e. The molecule has 2 N–H and O–H groups in total. The van der Waals surface area contributed by atoms with Crippen LogP contribution < -0.4 is 5.73 Å². The number of hydrogen-bond donors (Lipinski definition) is 1. The van der Waals surface area contributed by atoms with Gasteiger partial charge in [0.15, 0.2) is 0 Å². The van der Waals surface area contributed by atoms with E-state index in [1.807, 2.05) is 6.92 Å². The highest BCUT2D eigenvalue weighted by atomic mass is 16.5. The topological polar surface area (TPSA) is 55.6 Å². The lowest BCUT2D eigenvalue weighted by atomic mass is 10.1. The summed E-state index contributed by atoms with van der Waals surface area (Å²) < 4.78 is 5.30. The van der Waals surface area contributed by atoms with Gasteiger partial charge in [-0.1, -0.05) is 25.7 Å². The molecule has 4 heteroatoms. The van der Waals surface area contributed by atoms with Crippen molar-refractivity contribution in [1.29, 1.82) is 0 Å². The van der Waals surface area contributed by atoms with Crippen LogP contribution in [0.4, 0.5) is 0 Å². The summed E-state index contributed by atoms with van der Waals surface area (Å²) >= 11 is 0. The van der Waals surface area contributed by atoms with E-state index in [1.165, 1.54) is 25.7 Å². The Kier molecular flexibility index (Phi) is 8.84. The van der Waals surface area contributed by atoms with Gasteiger partial charge in [-0.2, -0.15) is 0 Å². The van der Waals surface area contributed by atoms with Gasteiger partial charge in [0.2, 0.25) is 5.91 Å². The highest BCUT2D eigenvalue weighted by Gasteiger charge is 2.23. The highest BCUT2D eigenvalue weighted by Crippen LogP contribution is 2.22. The first kappa shape index (κ1) is 16.4. The Morgan fingerprint density at radius 3 is 2.53 bits per heavy atom. The normalized spacial score (nSPS) is 17.2. The zero-order valence-electron chi connectivity index (χ0n) is 12.4. The van der Waals surface area contributed by atoms with E-state index < -0.39 is 0 Å². The van der Waals surface area contributed by atoms with Crippen molar-refractivity contribution in [3.05, 3.63) is 0 Å². The van der Waals surface area contributed by atoms with Crippen molar-refractivity contribution in [2.45, 2.75) is 64.3 Å². The summed E-state index contributed by atoms with van der Waals surface area (Å²) in [6, 6.07) is 0.433. The van der Waals surface area contributed by atoms with E-state index in [4.69, 9.17) is 10.5 Å². The van der Waals surface area contributed by atoms with E-state index in [-0.39, 0.29) is 5.91 Å². The molecule has 0 bridgehead atoms. The van der Waals surface area contributed by atoms with Crippen LogP contribution in [-0.4, -0.2) is 43.2 Å². The van der Waals surface area contributed by atoms with Crippen LogP contribution in [0.25, 0.3) is 0 Å². The minimum absolute atomic E-state index is 0.244. The molecule has 0 aliphatic heterocycles. The van der Waals surface area contributed by atoms with Gasteiger partial charge in [-0.15, -0.1) is 0 Å². The van der Waals surface area contributed by atoms with Crippen molar-refractivity contribution in [3.63, 3.8) is 0 Å². The van der Waals surface area contributed by atoms with E-state index in [2.05, 4.69) is 4.90 Å². The van der Waals surface area contributed by atoms with Crippen molar-refractivity contribution in [3.8, 4) is 0 Å². The average Bonchev–Trinajstić information content (AvgIpc) is 2.69. The van der Waals surface area contributed by atoms with Crippen LogP contribution >= 0.6 is 0 Å². The van der Waals surface area contributed by atoms with Gasteiger partial charge in [-0.25, -0.2) is 0 Å². The summed E-state index contributed by atoms with van der Waals surface area (Å²) in [5.74, 6) is 0.244. The van der Waals surface area contributed by atoms with Gasteiger partial charge in [-0.05, 0) is 32.7 Å². The fraction of sp³-hybridized carbons (Fsp3) is 0.933. The molecular formula is C15H30N2O2. The van der Waals surface area contributed by atoms with Crippen molar-refractivity contribution in [2.75, 3.05) is 26.3 Å². The summed E-state index contributed by atoms with van der Waals surface area (Å²) in [6.07, 6.45) is 8.86. The molecule has 0 spiro atoms. The summed E-state index contributed by atoms with van der Waals surface area (Å²) in [4.78, 5) is 14.4. The number of rotatable bonds is 8. The number of hydrogen-bond acceptors (Lipinski definition) is 3. The highest BCUT2D eigenvalue weighted by molar-refractivity contribution is 5.76. The quantitative estimate of drug-likeness (QED) is 0.544. The molecule has 0 aromatic carbocycles. The van der Waals surface area contributed by atoms with Gasteiger partial charge < -0.3 is 15.4 Å². The maximum atomic E-state index is 12.3. The van der Waals surface area contributed by atoms with Gasteiger partial charge in [0, 0.05) is 19.2 Å². The molecule has 1 aliphatic rings. The standard InChI is InChI=1S/C15H30N2O2/c1-2-19-13-10-15(18)17(12-7-11-16)14-8-5-3-4-6-9-14/h14H,2-13,16H2,1H3. The minimum atomic E-state index is 0.244. The van der Waals surface area contributed by atoms with Gasteiger partial charge in [0.25, 0.3) is 0 Å². The maximum Gasteiger partial charge on any atom is 0.225 e.